The normalized spacial score (nSPS) is 19.8. The Balaban J connectivity index is 1.30. The Kier molecular flexibility index (Phi) is 6.83. The average molecular weight is 475 g/mol. The second kappa shape index (κ2) is 9.78. The predicted molar refractivity (Wildman–Crippen MR) is 124 cm³/mol. The Labute approximate surface area is 192 Å². The van der Waals surface area contributed by atoms with Gasteiger partial charge in [-0.3, -0.25) is 9.10 Å². The number of amides is 3. The van der Waals surface area contributed by atoms with E-state index in [4.69, 9.17) is 0 Å². The van der Waals surface area contributed by atoms with Gasteiger partial charge in [0.15, 0.2) is 0 Å². The number of carbonyl (C=O) groups excluding carboxylic acids is 2. The Morgan fingerprint density at radius 2 is 1.85 bits per heavy atom. The number of rotatable bonds is 5. The maximum Gasteiger partial charge on any atom is 0.319 e. The maximum absolute atomic E-state index is 13.2. The number of hydrogen-bond donors (Lipinski definition) is 2. The van der Waals surface area contributed by atoms with Crippen molar-refractivity contribution in [1.82, 2.24) is 10.2 Å². The molecule has 176 valence electrons. The van der Waals surface area contributed by atoms with E-state index < -0.39 is 21.9 Å². The monoisotopic (exact) mass is 474 g/mol. The first-order valence-corrected chi connectivity index (χ1v) is 12.6. The van der Waals surface area contributed by atoms with Crippen LogP contribution in [0.5, 0.6) is 0 Å². The van der Waals surface area contributed by atoms with E-state index in [1.807, 2.05) is 0 Å². The number of urea groups is 1. The van der Waals surface area contributed by atoms with Crippen LogP contribution in [0.15, 0.2) is 48.5 Å². The van der Waals surface area contributed by atoms with Crippen molar-refractivity contribution in [1.29, 1.82) is 0 Å². The predicted octanol–water partition coefficient (Wildman–Crippen LogP) is 3.04. The van der Waals surface area contributed by atoms with E-state index in [9.17, 15) is 22.4 Å². The molecule has 2 fully saturated rings. The minimum atomic E-state index is -3.26. The minimum Gasteiger partial charge on any atom is -0.338 e. The number of nitrogens with zero attached hydrogens (tertiary/aromatic N) is 2. The van der Waals surface area contributed by atoms with Gasteiger partial charge >= 0.3 is 6.03 Å². The molecule has 3 amide bonds. The van der Waals surface area contributed by atoms with Gasteiger partial charge in [-0.05, 0) is 67.6 Å². The Hall–Kier alpha value is -3.14. The number of carbonyl (C=O) groups is 2. The smallest absolute Gasteiger partial charge is 0.319 e. The van der Waals surface area contributed by atoms with Crippen LogP contribution in [0.4, 0.5) is 20.6 Å². The molecule has 4 rings (SSSR count). The lowest BCUT2D eigenvalue weighted by Crippen LogP contribution is -2.44. The molecular formula is C23H27FN4O4S. The highest BCUT2D eigenvalue weighted by Gasteiger charge is 2.29. The lowest BCUT2D eigenvalue weighted by molar-refractivity contribution is 0.0675. The van der Waals surface area contributed by atoms with Crippen LogP contribution in [0.2, 0.25) is 0 Å². The lowest BCUT2D eigenvalue weighted by Gasteiger charge is -2.33. The molecule has 2 aromatic rings. The summed E-state index contributed by atoms with van der Waals surface area (Å²) in [5.41, 5.74) is 1.46. The zero-order valence-electron chi connectivity index (χ0n) is 18.2. The summed E-state index contributed by atoms with van der Waals surface area (Å²) < 4.78 is 38.8. The summed E-state index contributed by atoms with van der Waals surface area (Å²) in [4.78, 5) is 26.9. The van der Waals surface area contributed by atoms with Gasteiger partial charge in [0.25, 0.3) is 5.91 Å². The third-order valence-electron chi connectivity index (χ3n) is 5.94. The number of likely N-dealkylation sites (tertiary alicyclic amines) is 1. The number of benzene rings is 2. The van der Waals surface area contributed by atoms with Gasteiger partial charge in [-0.1, -0.05) is 6.07 Å². The Morgan fingerprint density at radius 3 is 2.55 bits per heavy atom. The van der Waals surface area contributed by atoms with E-state index in [0.717, 1.165) is 12.8 Å². The van der Waals surface area contributed by atoms with Gasteiger partial charge in [0, 0.05) is 37.4 Å². The molecule has 8 nitrogen and oxygen atoms in total. The largest absolute Gasteiger partial charge is 0.338 e. The van der Waals surface area contributed by atoms with Crippen LogP contribution < -0.4 is 14.9 Å². The molecule has 1 atom stereocenters. The van der Waals surface area contributed by atoms with E-state index in [-0.39, 0.29) is 17.6 Å². The number of sulfonamides is 1. The molecule has 0 aromatic heterocycles. The molecule has 2 aliphatic heterocycles. The number of hydrogen-bond acceptors (Lipinski definition) is 4. The molecule has 2 saturated heterocycles. The summed E-state index contributed by atoms with van der Waals surface area (Å²) in [6, 6.07) is 11.9. The van der Waals surface area contributed by atoms with Crippen molar-refractivity contribution in [3.05, 3.63) is 59.9 Å². The van der Waals surface area contributed by atoms with Gasteiger partial charge in [0.05, 0.1) is 11.4 Å². The van der Waals surface area contributed by atoms with Crippen molar-refractivity contribution in [3.8, 4) is 0 Å². The highest BCUT2D eigenvalue weighted by molar-refractivity contribution is 7.93. The fourth-order valence-electron chi connectivity index (χ4n) is 4.28. The summed E-state index contributed by atoms with van der Waals surface area (Å²) in [6.45, 7) is 2.01. The van der Waals surface area contributed by atoms with E-state index in [2.05, 4.69) is 10.6 Å². The van der Waals surface area contributed by atoms with Crippen molar-refractivity contribution in [2.45, 2.75) is 19.3 Å². The van der Waals surface area contributed by atoms with Crippen molar-refractivity contribution in [3.63, 3.8) is 0 Å². The third-order valence-corrected chi connectivity index (χ3v) is 7.81. The lowest BCUT2D eigenvalue weighted by atomic mass is 9.97. The molecule has 0 spiro atoms. The SMILES string of the molecule is O=C(NCC1CCCN(C(=O)c2ccc(N3CCCS3(=O)=O)cc2)C1)Nc1cccc(F)c1. The van der Waals surface area contributed by atoms with Crippen LogP contribution in [0.1, 0.15) is 29.6 Å². The first kappa shape index (κ1) is 23.0. The highest BCUT2D eigenvalue weighted by Crippen LogP contribution is 2.25. The highest BCUT2D eigenvalue weighted by atomic mass is 32.2. The fraction of sp³-hybridized carbons (Fsp3) is 0.391. The molecule has 2 aromatic carbocycles. The standard InChI is InChI=1S/C23H27FN4O4S/c24-19-5-1-6-20(14-19)26-23(30)25-15-17-4-2-11-27(16-17)22(29)18-7-9-21(10-8-18)28-12-3-13-33(28,31)32/h1,5-10,14,17H,2-4,11-13,15-16H2,(H2,25,26,30). The van der Waals surface area contributed by atoms with Crippen LogP contribution in [0.3, 0.4) is 0 Å². The second-order valence-corrected chi connectivity index (χ2v) is 10.4. The van der Waals surface area contributed by atoms with Crippen LogP contribution >= 0.6 is 0 Å². The van der Waals surface area contributed by atoms with E-state index in [0.29, 0.717) is 49.5 Å². The van der Waals surface area contributed by atoms with Crippen molar-refractivity contribution in [2.24, 2.45) is 5.92 Å². The molecule has 0 aliphatic carbocycles. The molecule has 2 aliphatic rings. The zero-order valence-corrected chi connectivity index (χ0v) is 19.0. The second-order valence-electron chi connectivity index (χ2n) is 8.39. The van der Waals surface area contributed by atoms with Gasteiger partial charge in [-0.15, -0.1) is 0 Å². The molecule has 0 saturated carbocycles. The minimum absolute atomic E-state index is 0.106. The first-order valence-electron chi connectivity index (χ1n) is 11.0. The summed E-state index contributed by atoms with van der Waals surface area (Å²) in [5, 5.41) is 5.39. The zero-order chi connectivity index (χ0) is 23.4. The van der Waals surface area contributed by atoms with E-state index in [1.165, 1.54) is 22.5 Å². The number of nitrogens with one attached hydrogen (secondary N) is 2. The summed E-state index contributed by atoms with van der Waals surface area (Å²) >= 11 is 0. The molecule has 0 bridgehead atoms. The van der Waals surface area contributed by atoms with E-state index >= 15 is 0 Å². The first-order chi connectivity index (χ1) is 15.8. The van der Waals surface area contributed by atoms with Gasteiger partial charge in [0.1, 0.15) is 5.82 Å². The van der Waals surface area contributed by atoms with Crippen LogP contribution in [0.25, 0.3) is 0 Å². The average Bonchev–Trinajstić information content (AvgIpc) is 3.16. The molecule has 1 unspecified atom stereocenters. The number of anilines is 2. The molecule has 0 radical (unpaired) electrons. The summed E-state index contributed by atoms with van der Waals surface area (Å²) in [5.74, 6) is -0.282. The van der Waals surface area contributed by atoms with Gasteiger partial charge in [-0.25, -0.2) is 17.6 Å². The Morgan fingerprint density at radius 1 is 1.06 bits per heavy atom. The van der Waals surface area contributed by atoms with Crippen LogP contribution in [-0.2, 0) is 10.0 Å². The molecule has 10 heteroatoms. The molecule has 33 heavy (non-hydrogen) atoms. The van der Waals surface area contributed by atoms with Crippen LogP contribution in [0, 0.1) is 11.7 Å². The van der Waals surface area contributed by atoms with Gasteiger partial charge in [-0.2, -0.15) is 0 Å². The third kappa shape index (κ3) is 5.62. The number of piperidine rings is 1. The summed E-state index contributed by atoms with van der Waals surface area (Å²) in [7, 11) is -3.26. The topological polar surface area (TPSA) is 98.8 Å². The quantitative estimate of drug-likeness (QED) is 0.696. The molecular weight excluding hydrogens is 447 g/mol. The van der Waals surface area contributed by atoms with Crippen molar-refractivity contribution in [2.75, 3.05) is 41.6 Å². The maximum atomic E-state index is 13.2. The van der Waals surface area contributed by atoms with Crippen molar-refractivity contribution >= 4 is 33.3 Å². The number of halogens is 1. The molecule has 2 heterocycles. The fourth-order valence-corrected chi connectivity index (χ4v) is 5.84. The van der Waals surface area contributed by atoms with E-state index in [1.54, 1.807) is 35.2 Å². The Bertz CT molecular complexity index is 1120. The van der Waals surface area contributed by atoms with Gasteiger partial charge in [0.2, 0.25) is 10.0 Å². The van der Waals surface area contributed by atoms with Gasteiger partial charge < -0.3 is 15.5 Å². The summed E-state index contributed by atoms with van der Waals surface area (Å²) in [6.07, 6.45) is 2.32. The molecule has 2 N–H and O–H groups in total. The van der Waals surface area contributed by atoms with Crippen LogP contribution in [-0.4, -0.2) is 57.2 Å². The van der Waals surface area contributed by atoms with Crippen molar-refractivity contribution < 1.29 is 22.4 Å².